The summed E-state index contributed by atoms with van der Waals surface area (Å²) in [5.74, 6) is -0.484. The van der Waals surface area contributed by atoms with Crippen LogP contribution in [0.1, 0.15) is 21.6 Å². The van der Waals surface area contributed by atoms with E-state index in [9.17, 15) is 4.79 Å². The molecule has 3 rings (SSSR count). The molecule has 0 radical (unpaired) electrons. The zero-order chi connectivity index (χ0) is 15.4. The third kappa shape index (κ3) is 3.20. The van der Waals surface area contributed by atoms with E-state index >= 15 is 0 Å². The number of hydrogen-bond acceptors (Lipinski definition) is 4. The highest BCUT2D eigenvalue weighted by atomic mass is 16.5. The van der Waals surface area contributed by atoms with Crippen LogP contribution in [0.5, 0.6) is 0 Å². The predicted octanol–water partition coefficient (Wildman–Crippen LogP) is 2.93. The standard InChI is InChI=1S/C17H15N3O2/c1-13-6-5-9-15(10-13)20-11-16(18-19-20)17(21)22-12-14-7-3-2-4-8-14/h2-11H,12H2,1H3. The molecule has 0 bridgehead atoms. The Kier molecular flexibility index (Phi) is 3.96. The largest absolute Gasteiger partial charge is 0.456 e. The topological polar surface area (TPSA) is 57.0 Å². The van der Waals surface area contributed by atoms with Crippen LogP contribution in [-0.4, -0.2) is 21.0 Å². The molecule has 0 aliphatic heterocycles. The molecule has 2 aromatic carbocycles. The molecule has 110 valence electrons. The van der Waals surface area contributed by atoms with Gasteiger partial charge >= 0.3 is 5.97 Å². The lowest BCUT2D eigenvalue weighted by molar-refractivity contribution is 0.0465. The summed E-state index contributed by atoms with van der Waals surface area (Å²) in [6.07, 6.45) is 1.57. The molecule has 22 heavy (non-hydrogen) atoms. The Labute approximate surface area is 128 Å². The maximum absolute atomic E-state index is 12.0. The average molecular weight is 293 g/mol. The lowest BCUT2D eigenvalue weighted by Crippen LogP contribution is -2.05. The van der Waals surface area contributed by atoms with Gasteiger partial charge in [-0.25, -0.2) is 9.48 Å². The summed E-state index contributed by atoms with van der Waals surface area (Å²) < 4.78 is 6.79. The van der Waals surface area contributed by atoms with Crippen LogP contribution in [0, 0.1) is 6.92 Å². The lowest BCUT2D eigenvalue weighted by atomic mass is 10.2. The number of rotatable bonds is 4. The van der Waals surface area contributed by atoms with Gasteiger partial charge in [0.15, 0.2) is 5.69 Å². The Morgan fingerprint density at radius 3 is 2.73 bits per heavy atom. The SMILES string of the molecule is Cc1cccc(-n2cc(C(=O)OCc3ccccc3)nn2)c1. The number of ether oxygens (including phenoxy) is 1. The van der Waals surface area contributed by atoms with Crippen LogP contribution < -0.4 is 0 Å². The van der Waals surface area contributed by atoms with Crippen molar-refractivity contribution in [1.82, 2.24) is 15.0 Å². The van der Waals surface area contributed by atoms with Gasteiger partial charge in [0.25, 0.3) is 0 Å². The molecule has 5 nitrogen and oxygen atoms in total. The molecule has 0 spiro atoms. The second kappa shape index (κ2) is 6.22. The molecule has 5 heteroatoms. The fraction of sp³-hybridized carbons (Fsp3) is 0.118. The van der Waals surface area contributed by atoms with Crippen molar-refractivity contribution in [2.75, 3.05) is 0 Å². The summed E-state index contributed by atoms with van der Waals surface area (Å²) in [6, 6.07) is 17.3. The highest BCUT2D eigenvalue weighted by molar-refractivity contribution is 5.86. The Morgan fingerprint density at radius 1 is 1.14 bits per heavy atom. The van der Waals surface area contributed by atoms with E-state index in [0.717, 1.165) is 16.8 Å². The fourth-order valence-electron chi connectivity index (χ4n) is 2.05. The molecule has 0 saturated heterocycles. The molecular weight excluding hydrogens is 278 g/mol. The quantitative estimate of drug-likeness (QED) is 0.694. The molecule has 0 unspecified atom stereocenters. The van der Waals surface area contributed by atoms with Crippen molar-refractivity contribution in [2.45, 2.75) is 13.5 Å². The summed E-state index contributed by atoms with van der Waals surface area (Å²) in [7, 11) is 0. The van der Waals surface area contributed by atoms with Crippen LogP contribution in [-0.2, 0) is 11.3 Å². The van der Waals surface area contributed by atoms with Crippen LogP contribution in [0.2, 0.25) is 0 Å². The average Bonchev–Trinajstić information content (AvgIpc) is 3.04. The van der Waals surface area contributed by atoms with E-state index in [1.807, 2.05) is 61.5 Å². The van der Waals surface area contributed by atoms with Crippen LogP contribution in [0.15, 0.2) is 60.8 Å². The Balaban J connectivity index is 1.69. The first-order chi connectivity index (χ1) is 10.7. The second-order valence-corrected chi connectivity index (χ2v) is 4.95. The summed E-state index contributed by atoms with van der Waals surface area (Å²) in [4.78, 5) is 12.0. The van der Waals surface area contributed by atoms with E-state index in [0.29, 0.717) is 0 Å². The molecular formula is C17H15N3O2. The van der Waals surface area contributed by atoms with Gasteiger partial charge in [0.2, 0.25) is 0 Å². The van der Waals surface area contributed by atoms with Crippen LogP contribution >= 0.6 is 0 Å². The van der Waals surface area contributed by atoms with Gasteiger partial charge in [0, 0.05) is 0 Å². The number of carbonyl (C=O) groups is 1. The van der Waals surface area contributed by atoms with Gasteiger partial charge in [0.05, 0.1) is 11.9 Å². The number of benzene rings is 2. The number of aromatic nitrogens is 3. The highest BCUT2D eigenvalue weighted by Crippen LogP contribution is 2.10. The zero-order valence-corrected chi connectivity index (χ0v) is 12.1. The van der Waals surface area contributed by atoms with Crippen molar-refractivity contribution < 1.29 is 9.53 Å². The third-order valence-electron chi connectivity index (χ3n) is 3.18. The molecule has 1 aromatic heterocycles. The van der Waals surface area contributed by atoms with Gasteiger partial charge in [-0.3, -0.25) is 0 Å². The summed E-state index contributed by atoms with van der Waals surface area (Å²) in [6.45, 7) is 2.21. The Bertz CT molecular complexity index is 781. The van der Waals surface area contributed by atoms with Gasteiger partial charge in [-0.1, -0.05) is 47.7 Å². The van der Waals surface area contributed by atoms with E-state index in [2.05, 4.69) is 10.3 Å². The second-order valence-electron chi connectivity index (χ2n) is 4.95. The van der Waals surface area contributed by atoms with E-state index in [1.54, 1.807) is 10.9 Å². The summed E-state index contributed by atoms with van der Waals surface area (Å²) in [5.41, 5.74) is 3.09. The molecule has 0 aliphatic rings. The fourth-order valence-corrected chi connectivity index (χ4v) is 2.05. The highest BCUT2D eigenvalue weighted by Gasteiger charge is 2.13. The molecule has 0 aliphatic carbocycles. The molecule has 0 saturated carbocycles. The Morgan fingerprint density at radius 2 is 1.95 bits per heavy atom. The number of esters is 1. The van der Waals surface area contributed by atoms with E-state index < -0.39 is 5.97 Å². The molecule has 0 N–H and O–H groups in total. The van der Waals surface area contributed by atoms with Gasteiger partial charge in [0.1, 0.15) is 6.61 Å². The van der Waals surface area contributed by atoms with Crippen molar-refractivity contribution >= 4 is 5.97 Å². The van der Waals surface area contributed by atoms with Gasteiger partial charge < -0.3 is 4.74 Å². The number of aryl methyl sites for hydroxylation is 1. The van der Waals surface area contributed by atoms with Crippen molar-refractivity contribution in [3.8, 4) is 5.69 Å². The van der Waals surface area contributed by atoms with Crippen molar-refractivity contribution in [1.29, 1.82) is 0 Å². The third-order valence-corrected chi connectivity index (χ3v) is 3.18. The molecule has 0 fully saturated rings. The molecule has 3 aromatic rings. The van der Waals surface area contributed by atoms with Crippen molar-refractivity contribution in [3.05, 3.63) is 77.6 Å². The maximum atomic E-state index is 12.0. The van der Waals surface area contributed by atoms with E-state index in [-0.39, 0.29) is 12.3 Å². The van der Waals surface area contributed by atoms with Gasteiger partial charge in [-0.2, -0.15) is 0 Å². The normalized spacial score (nSPS) is 10.4. The first kappa shape index (κ1) is 14.0. The van der Waals surface area contributed by atoms with Crippen molar-refractivity contribution in [2.24, 2.45) is 0 Å². The molecule has 0 amide bonds. The van der Waals surface area contributed by atoms with Gasteiger partial charge in [-0.05, 0) is 30.2 Å². The predicted molar refractivity (Wildman–Crippen MR) is 81.7 cm³/mol. The number of carbonyl (C=O) groups excluding carboxylic acids is 1. The smallest absolute Gasteiger partial charge is 0.360 e. The molecule has 1 heterocycles. The lowest BCUT2D eigenvalue weighted by Gasteiger charge is -2.02. The minimum Gasteiger partial charge on any atom is -0.456 e. The maximum Gasteiger partial charge on any atom is 0.360 e. The van der Waals surface area contributed by atoms with Crippen LogP contribution in [0.3, 0.4) is 0 Å². The number of hydrogen-bond donors (Lipinski definition) is 0. The zero-order valence-electron chi connectivity index (χ0n) is 12.1. The van der Waals surface area contributed by atoms with Crippen molar-refractivity contribution in [3.63, 3.8) is 0 Å². The number of nitrogens with zero attached hydrogens (tertiary/aromatic N) is 3. The van der Waals surface area contributed by atoms with E-state index in [4.69, 9.17) is 4.74 Å². The first-order valence-corrected chi connectivity index (χ1v) is 6.93. The Hall–Kier alpha value is -2.95. The van der Waals surface area contributed by atoms with E-state index in [1.165, 1.54) is 0 Å². The van der Waals surface area contributed by atoms with Gasteiger partial charge in [-0.15, -0.1) is 5.10 Å². The minimum absolute atomic E-state index is 0.192. The first-order valence-electron chi connectivity index (χ1n) is 6.93. The summed E-state index contributed by atoms with van der Waals surface area (Å²) >= 11 is 0. The molecule has 0 atom stereocenters. The monoisotopic (exact) mass is 293 g/mol. The van der Waals surface area contributed by atoms with Crippen LogP contribution in [0.25, 0.3) is 5.69 Å². The summed E-state index contributed by atoms with van der Waals surface area (Å²) in [5, 5.41) is 7.84. The minimum atomic E-state index is -0.484. The van der Waals surface area contributed by atoms with Crippen LogP contribution in [0.4, 0.5) is 0 Å².